The van der Waals surface area contributed by atoms with E-state index in [4.69, 9.17) is 9.94 Å². The summed E-state index contributed by atoms with van der Waals surface area (Å²) in [6.45, 7) is 0.0222. The van der Waals surface area contributed by atoms with Crippen molar-refractivity contribution in [2.45, 2.75) is 35.0 Å². The second-order valence-corrected chi connectivity index (χ2v) is 9.18. The summed E-state index contributed by atoms with van der Waals surface area (Å²) in [4.78, 5) is 16.0. The summed E-state index contributed by atoms with van der Waals surface area (Å²) in [6.07, 6.45) is -7.92. The molecule has 8 nitrogen and oxygen atoms in total. The lowest BCUT2D eigenvalue weighted by Gasteiger charge is -2.34. The normalized spacial score (nSPS) is 16.6. The molecule has 0 atom stereocenters. The van der Waals surface area contributed by atoms with Crippen molar-refractivity contribution < 1.29 is 45.5 Å². The number of nitrogens with zero attached hydrogens (tertiary/aromatic N) is 1. The number of amides is 1. The molecule has 1 aliphatic heterocycles. The third kappa shape index (κ3) is 4.40. The van der Waals surface area contributed by atoms with E-state index in [2.05, 4.69) is 9.72 Å². The van der Waals surface area contributed by atoms with Crippen molar-refractivity contribution in [2.24, 2.45) is 0 Å². The van der Waals surface area contributed by atoms with E-state index in [9.17, 15) is 30.8 Å². The van der Waals surface area contributed by atoms with E-state index in [0.29, 0.717) is 5.56 Å². The number of benzene rings is 1. The summed E-state index contributed by atoms with van der Waals surface area (Å²) in [5.41, 5.74) is 2.04. The van der Waals surface area contributed by atoms with Crippen LogP contribution < -0.4 is 10.2 Å². The van der Waals surface area contributed by atoms with E-state index in [1.54, 1.807) is 0 Å². The molecule has 0 radical (unpaired) electrons. The van der Waals surface area contributed by atoms with Crippen molar-refractivity contribution in [3.63, 3.8) is 0 Å². The van der Waals surface area contributed by atoms with Gasteiger partial charge in [-0.1, -0.05) is 0 Å². The number of carbonyl (C=O) groups is 1. The number of nitrogens with one attached hydrogen (secondary N) is 1. The zero-order chi connectivity index (χ0) is 23.6. The maximum atomic E-state index is 13.2. The number of alkyl halides is 4. The van der Waals surface area contributed by atoms with Gasteiger partial charge in [0.05, 0.1) is 10.6 Å². The minimum atomic E-state index is -4.64. The molecule has 13 heteroatoms. The van der Waals surface area contributed by atoms with Gasteiger partial charge >= 0.3 is 12.5 Å². The third-order valence-corrected chi connectivity index (χ3v) is 7.52. The maximum Gasteiger partial charge on any atom is 0.461 e. The Bertz CT molecular complexity index is 1060. The predicted octanol–water partition coefficient (Wildman–Crippen LogP) is 2.81. The number of aromatic nitrogens is 1. The molecule has 174 valence electrons. The Morgan fingerprint density at radius 2 is 1.78 bits per heavy atom. The topological polar surface area (TPSA) is 115 Å². The quantitative estimate of drug-likeness (QED) is 0.357. The highest BCUT2D eigenvalue weighted by molar-refractivity contribution is 7.93. The molecular weight excluding hydrogens is 460 g/mol. The standard InChI is InChI=1S/C19H18F4N2O6S/c20-16(21)19(22,23)31-13-3-1-12(2-4-13)15-6-5-14(11-24-15)32(28,29)18(17(26)25-27)7-9-30-10-8-18/h1-6,11,16,27H,7-10H2,(H,25,26). The van der Waals surface area contributed by atoms with Crippen molar-refractivity contribution in [3.8, 4) is 17.0 Å². The highest BCUT2D eigenvalue weighted by atomic mass is 32.2. The fourth-order valence-corrected chi connectivity index (χ4v) is 5.14. The molecule has 1 amide bonds. The Hall–Kier alpha value is -2.77. The molecule has 1 aromatic carbocycles. The molecule has 0 saturated carbocycles. The van der Waals surface area contributed by atoms with Gasteiger partial charge in [-0.15, -0.1) is 0 Å². The molecular formula is C19H18F4N2O6S. The lowest BCUT2D eigenvalue weighted by molar-refractivity contribution is -0.253. The average molecular weight is 478 g/mol. The van der Waals surface area contributed by atoms with Crippen LogP contribution in [0.25, 0.3) is 11.3 Å². The van der Waals surface area contributed by atoms with Crippen LogP contribution in [0, 0.1) is 0 Å². The lowest BCUT2D eigenvalue weighted by Crippen LogP contribution is -2.54. The van der Waals surface area contributed by atoms with E-state index in [1.807, 2.05) is 0 Å². The summed E-state index contributed by atoms with van der Waals surface area (Å²) < 4.78 is 84.0. The Morgan fingerprint density at radius 1 is 1.16 bits per heavy atom. The van der Waals surface area contributed by atoms with Crippen LogP contribution in [0.1, 0.15) is 12.8 Å². The first kappa shape index (κ1) is 23.9. The smallest absolute Gasteiger partial charge is 0.428 e. The molecule has 1 aromatic heterocycles. The van der Waals surface area contributed by atoms with Gasteiger partial charge in [0.15, 0.2) is 14.6 Å². The van der Waals surface area contributed by atoms with Crippen molar-refractivity contribution >= 4 is 15.7 Å². The minimum absolute atomic E-state index is 0.0111. The van der Waals surface area contributed by atoms with Gasteiger partial charge in [-0.3, -0.25) is 15.0 Å². The van der Waals surface area contributed by atoms with Gasteiger partial charge in [-0.2, -0.15) is 17.6 Å². The lowest BCUT2D eigenvalue weighted by atomic mass is 9.98. The fourth-order valence-electron chi connectivity index (χ4n) is 3.25. The van der Waals surface area contributed by atoms with Crippen LogP contribution in [0.15, 0.2) is 47.5 Å². The number of rotatable bonds is 7. The van der Waals surface area contributed by atoms with Crippen molar-refractivity contribution in [1.29, 1.82) is 0 Å². The summed E-state index contributed by atoms with van der Waals surface area (Å²) in [6, 6.07) is 7.20. The Morgan fingerprint density at radius 3 is 2.28 bits per heavy atom. The van der Waals surface area contributed by atoms with E-state index in [0.717, 1.165) is 18.3 Å². The zero-order valence-electron chi connectivity index (χ0n) is 16.3. The van der Waals surface area contributed by atoms with E-state index >= 15 is 0 Å². The van der Waals surface area contributed by atoms with Crippen molar-refractivity contribution in [2.75, 3.05) is 13.2 Å². The van der Waals surface area contributed by atoms with Crippen LogP contribution >= 0.6 is 0 Å². The Balaban J connectivity index is 1.85. The van der Waals surface area contributed by atoms with E-state index in [-0.39, 0.29) is 36.6 Å². The molecule has 0 spiro atoms. The molecule has 2 heterocycles. The molecule has 0 unspecified atom stereocenters. The van der Waals surface area contributed by atoms with Gasteiger partial charge in [-0.05, 0) is 49.2 Å². The SMILES string of the molecule is O=C(NO)C1(S(=O)(=O)c2ccc(-c3ccc(OC(F)(F)C(F)F)cc3)nc2)CCOCC1. The third-order valence-electron chi connectivity index (χ3n) is 5.03. The second kappa shape index (κ2) is 9.00. The Labute approximate surface area is 180 Å². The first-order chi connectivity index (χ1) is 15.0. The molecule has 0 bridgehead atoms. The van der Waals surface area contributed by atoms with Crippen LogP contribution in [0.5, 0.6) is 5.75 Å². The minimum Gasteiger partial charge on any atom is -0.428 e. The number of hydrogen-bond acceptors (Lipinski definition) is 7. The van der Waals surface area contributed by atoms with Gasteiger partial charge in [0.2, 0.25) is 0 Å². The van der Waals surface area contributed by atoms with Crippen LogP contribution in [0.4, 0.5) is 17.6 Å². The van der Waals surface area contributed by atoms with Gasteiger partial charge in [0.25, 0.3) is 5.91 Å². The van der Waals surface area contributed by atoms with Crippen molar-refractivity contribution in [3.05, 3.63) is 42.6 Å². The number of carbonyl (C=O) groups excluding carboxylic acids is 1. The molecule has 3 rings (SSSR count). The van der Waals surface area contributed by atoms with Crippen LogP contribution in [-0.4, -0.2) is 55.0 Å². The number of hydrogen-bond donors (Lipinski definition) is 2. The summed E-state index contributed by atoms with van der Waals surface area (Å²) >= 11 is 0. The second-order valence-electron chi connectivity index (χ2n) is 6.92. The number of ether oxygens (including phenoxy) is 2. The maximum absolute atomic E-state index is 13.2. The van der Waals surface area contributed by atoms with Gasteiger partial charge < -0.3 is 9.47 Å². The monoisotopic (exact) mass is 478 g/mol. The molecule has 1 fully saturated rings. The summed E-state index contributed by atoms with van der Waals surface area (Å²) in [7, 11) is -4.26. The largest absolute Gasteiger partial charge is 0.461 e. The number of hydroxylamine groups is 1. The van der Waals surface area contributed by atoms with Crippen LogP contribution in [0.2, 0.25) is 0 Å². The fraction of sp³-hybridized carbons (Fsp3) is 0.368. The molecule has 1 saturated heterocycles. The summed E-state index contributed by atoms with van der Waals surface area (Å²) in [5, 5.41) is 9.06. The van der Waals surface area contributed by atoms with E-state index < -0.39 is 38.8 Å². The summed E-state index contributed by atoms with van der Waals surface area (Å²) in [5.74, 6) is -1.56. The molecule has 2 aromatic rings. The first-order valence-corrected chi connectivity index (χ1v) is 10.7. The van der Waals surface area contributed by atoms with Gasteiger partial charge in [-0.25, -0.2) is 13.9 Å². The first-order valence-electron chi connectivity index (χ1n) is 9.22. The highest BCUT2D eigenvalue weighted by Crippen LogP contribution is 2.36. The predicted molar refractivity (Wildman–Crippen MR) is 101 cm³/mol. The van der Waals surface area contributed by atoms with Crippen LogP contribution in [0.3, 0.4) is 0 Å². The van der Waals surface area contributed by atoms with Gasteiger partial charge in [0, 0.05) is 25.0 Å². The number of pyridine rings is 1. The zero-order valence-corrected chi connectivity index (χ0v) is 17.1. The van der Waals surface area contributed by atoms with E-state index in [1.165, 1.54) is 29.7 Å². The Kier molecular flexibility index (Phi) is 6.72. The molecule has 0 aliphatic carbocycles. The molecule has 2 N–H and O–H groups in total. The van der Waals surface area contributed by atoms with Crippen LogP contribution in [-0.2, 0) is 19.4 Å². The molecule has 32 heavy (non-hydrogen) atoms. The van der Waals surface area contributed by atoms with Crippen molar-refractivity contribution in [1.82, 2.24) is 10.5 Å². The number of halogens is 4. The highest BCUT2D eigenvalue weighted by Gasteiger charge is 2.52. The number of sulfone groups is 1. The molecule has 1 aliphatic rings. The average Bonchev–Trinajstić information content (AvgIpc) is 2.79. The van der Waals surface area contributed by atoms with Gasteiger partial charge in [0.1, 0.15) is 5.75 Å².